The highest BCUT2D eigenvalue weighted by Gasteiger charge is 2.56. The zero-order valence-corrected chi connectivity index (χ0v) is 15.7. The maximum Gasteiger partial charge on any atom is 0.327 e. The number of carbonyl (C=O) groups excluding carboxylic acids is 2. The Balaban J connectivity index is 1.52. The van der Waals surface area contributed by atoms with Gasteiger partial charge in [-0.1, -0.05) is 18.2 Å². The Labute approximate surface area is 154 Å². The van der Waals surface area contributed by atoms with Gasteiger partial charge in [-0.15, -0.1) is 0 Å². The van der Waals surface area contributed by atoms with Crippen molar-refractivity contribution in [1.29, 1.82) is 0 Å². The average Bonchev–Trinajstić information content (AvgIpc) is 3.06. The van der Waals surface area contributed by atoms with Gasteiger partial charge < -0.3 is 9.47 Å². The first kappa shape index (κ1) is 17.1. The monoisotopic (exact) mass is 354 g/mol. The van der Waals surface area contributed by atoms with Crippen LogP contribution >= 0.6 is 0 Å². The molecular formula is C20H26N4O2. The fraction of sp³-hybridized carbons (Fsp3) is 0.500. The van der Waals surface area contributed by atoms with Crippen molar-refractivity contribution in [2.45, 2.75) is 31.8 Å². The van der Waals surface area contributed by atoms with Crippen molar-refractivity contribution in [3.05, 3.63) is 36.0 Å². The van der Waals surface area contributed by atoms with E-state index in [0.29, 0.717) is 19.4 Å². The number of para-hydroxylation sites is 1. The number of aryl methyl sites for hydroxylation is 1. The topological polar surface area (TPSA) is 48.8 Å². The Morgan fingerprint density at radius 2 is 1.77 bits per heavy atom. The summed E-state index contributed by atoms with van der Waals surface area (Å²) in [6, 6.07) is 8.30. The zero-order valence-electron chi connectivity index (χ0n) is 15.7. The van der Waals surface area contributed by atoms with E-state index in [9.17, 15) is 9.59 Å². The molecule has 2 fully saturated rings. The molecule has 0 saturated carbocycles. The predicted molar refractivity (Wildman–Crippen MR) is 101 cm³/mol. The normalized spacial score (nSPS) is 20.7. The third kappa shape index (κ3) is 2.35. The maximum absolute atomic E-state index is 12.7. The van der Waals surface area contributed by atoms with E-state index in [2.05, 4.69) is 47.0 Å². The highest BCUT2D eigenvalue weighted by atomic mass is 16.2. The van der Waals surface area contributed by atoms with Crippen molar-refractivity contribution < 1.29 is 9.59 Å². The maximum atomic E-state index is 12.7. The Kier molecular flexibility index (Phi) is 4.03. The number of likely N-dealkylation sites (tertiary alicyclic amines) is 1. The summed E-state index contributed by atoms with van der Waals surface area (Å²) in [6.45, 7) is 5.06. The van der Waals surface area contributed by atoms with Crippen LogP contribution in [0.1, 0.15) is 25.3 Å². The van der Waals surface area contributed by atoms with Gasteiger partial charge in [-0.05, 0) is 31.4 Å². The van der Waals surface area contributed by atoms with E-state index in [1.54, 1.807) is 11.9 Å². The summed E-state index contributed by atoms with van der Waals surface area (Å²) < 4.78 is 2.17. The van der Waals surface area contributed by atoms with Crippen LogP contribution in [0.2, 0.25) is 0 Å². The minimum absolute atomic E-state index is 0.0332. The second-order valence-electron chi connectivity index (χ2n) is 7.48. The molecule has 0 atom stereocenters. The second-order valence-corrected chi connectivity index (χ2v) is 7.48. The number of carbonyl (C=O) groups is 2. The van der Waals surface area contributed by atoms with Gasteiger partial charge in [0.05, 0.1) is 0 Å². The van der Waals surface area contributed by atoms with Crippen LogP contribution in [0.25, 0.3) is 10.9 Å². The number of likely N-dealkylation sites (N-methyl/N-ethyl adjacent to an activating group) is 2. The number of rotatable bonds is 3. The van der Waals surface area contributed by atoms with Gasteiger partial charge >= 0.3 is 6.03 Å². The van der Waals surface area contributed by atoms with Crippen molar-refractivity contribution in [1.82, 2.24) is 19.3 Å². The Hall–Kier alpha value is -2.34. The molecular weight excluding hydrogens is 328 g/mol. The number of imide groups is 1. The second kappa shape index (κ2) is 6.13. The Morgan fingerprint density at radius 1 is 1.08 bits per heavy atom. The van der Waals surface area contributed by atoms with Crippen LogP contribution < -0.4 is 0 Å². The molecule has 2 aliphatic rings. The van der Waals surface area contributed by atoms with Crippen LogP contribution in [0.15, 0.2) is 30.5 Å². The van der Waals surface area contributed by atoms with Crippen molar-refractivity contribution in [2.24, 2.45) is 7.05 Å². The first-order chi connectivity index (χ1) is 12.5. The van der Waals surface area contributed by atoms with Crippen LogP contribution in [0.4, 0.5) is 4.79 Å². The van der Waals surface area contributed by atoms with E-state index in [0.717, 1.165) is 19.6 Å². The molecule has 138 valence electrons. The van der Waals surface area contributed by atoms with Crippen molar-refractivity contribution in [3.8, 4) is 0 Å². The number of benzene rings is 1. The lowest BCUT2D eigenvalue weighted by Gasteiger charge is -2.41. The summed E-state index contributed by atoms with van der Waals surface area (Å²) in [7, 11) is 3.68. The standard InChI is InChI=1S/C20H26N4O2/c1-4-24-19(26)22(3)18(25)20(24)9-11-23(12-10-20)14-15-13-21(2)17-8-6-5-7-16(15)17/h5-8,13H,4,9-12,14H2,1-3H3. The minimum atomic E-state index is -0.629. The molecule has 0 bridgehead atoms. The van der Waals surface area contributed by atoms with Crippen LogP contribution in [0.3, 0.4) is 0 Å². The molecule has 3 heterocycles. The molecule has 1 spiro atoms. The molecule has 6 nitrogen and oxygen atoms in total. The number of fused-ring (bicyclic) bond motifs is 1. The number of hydrogen-bond donors (Lipinski definition) is 0. The fourth-order valence-electron chi connectivity index (χ4n) is 4.67. The number of amides is 3. The summed E-state index contributed by atoms with van der Waals surface area (Å²) in [6.07, 6.45) is 3.62. The number of hydrogen-bond acceptors (Lipinski definition) is 3. The van der Waals surface area contributed by atoms with Gasteiger partial charge in [0.15, 0.2) is 0 Å². The number of nitrogens with zero attached hydrogens (tertiary/aromatic N) is 4. The molecule has 3 amide bonds. The lowest BCUT2D eigenvalue weighted by atomic mass is 9.85. The van der Waals surface area contributed by atoms with Crippen LogP contribution in [0, 0.1) is 0 Å². The van der Waals surface area contributed by atoms with Crippen molar-refractivity contribution in [3.63, 3.8) is 0 Å². The molecule has 26 heavy (non-hydrogen) atoms. The molecule has 1 aromatic heterocycles. The first-order valence-corrected chi connectivity index (χ1v) is 9.33. The summed E-state index contributed by atoms with van der Waals surface area (Å²) >= 11 is 0. The molecule has 4 rings (SSSR count). The van der Waals surface area contributed by atoms with Gasteiger partial charge in [-0.2, -0.15) is 0 Å². The van der Waals surface area contributed by atoms with Crippen LogP contribution in [-0.4, -0.2) is 63.4 Å². The molecule has 0 aliphatic carbocycles. The molecule has 0 N–H and O–H groups in total. The van der Waals surface area contributed by atoms with Crippen molar-refractivity contribution in [2.75, 3.05) is 26.7 Å². The molecule has 0 unspecified atom stereocenters. The van der Waals surface area contributed by atoms with Gasteiger partial charge in [0.1, 0.15) is 5.54 Å². The third-order valence-electron chi connectivity index (χ3n) is 6.11. The van der Waals surface area contributed by atoms with Crippen molar-refractivity contribution >= 4 is 22.8 Å². The van der Waals surface area contributed by atoms with E-state index in [4.69, 9.17) is 0 Å². The Morgan fingerprint density at radius 3 is 2.46 bits per heavy atom. The molecule has 2 aliphatic heterocycles. The van der Waals surface area contributed by atoms with Gasteiger partial charge in [-0.3, -0.25) is 14.6 Å². The number of urea groups is 1. The van der Waals surface area contributed by atoms with Crippen LogP contribution in [0.5, 0.6) is 0 Å². The highest BCUT2D eigenvalue weighted by molar-refractivity contribution is 6.06. The first-order valence-electron chi connectivity index (χ1n) is 9.33. The summed E-state index contributed by atoms with van der Waals surface area (Å²) in [5.41, 5.74) is 1.93. The lowest BCUT2D eigenvalue weighted by Crippen LogP contribution is -2.56. The van der Waals surface area contributed by atoms with E-state index in [1.165, 1.54) is 21.4 Å². The molecule has 6 heteroatoms. The van der Waals surface area contributed by atoms with Crippen LogP contribution in [-0.2, 0) is 18.4 Å². The smallest absolute Gasteiger partial charge is 0.327 e. The summed E-state index contributed by atoms with van der Waals surface area (Å²) in [4.78, 5) is 30.6. The predicted octanol–water partition coefficient (Wildman–Crippen LogP) is 2.43. The van der Waals surface area contributed by atoms with E-state index >= 15 is 0 Å². The highest BCUT2D eigenvalue weighted by Crippen LogP contribution is 2.37. The van der Waals surface area contributed by atoms with E-state index in [1.807, 2.05) is 6.92 Å². The third-order valence-corrected chi connectivity index (χ3v) is 6.11. The van der Waals surface area contributed by atoms with E-state index in [-0.39, 0.29) is 11.9 Å². The van der Waals surface area contributed by atoms with Gasteiger partial charge in [-0.25, -0.2) is 4.79 Å². The van der Waals surface area contributed by atoms with Gasteiger partial charge in [0, 0.05) is 57.4 Å². The average molecular weight is 354 g/mol. The largest absolute Gasteiger partial charge is 0.350 e. The lowest BCUT2D eigenvalue weighted by molar-refractivity contribution is -0.134. The quantitative estimate of drug-likeness (QED) is 0.796. The zero-order chi connectivity index (χ0) is 18.5. The van der Waals surface area contributed by atoms with Gasteiger partial charge in [0.2, 0.25) is 0 Å². The number of piperidine rings is 1. The Bertz CT molecular complexity index is 864. The molecule has 0 radical (unpaired) electrons. The minimum Gasteiger partial charge on any atom is -0.350 e. The fourth-order valence-corrected chi connectivity index (χ4v) is 4.67. The molecule has 2 saturated heterocycles. The summed E-state index contributed by atoms with van der Waals surface area (Å²) in [5, 5.41) is 1.29. The van der Waals surface area contributed by atoms with Gasteiger partial charge in [0.25, 0.3) is 5.91 Å². The number of aromatic nitrogens is 1. The SMILES string of the molecule is CCN1C(=O)N(C)C(=O)C12CCN(Cc1cn(C)c3ccccc13)CC2. The molecule has 1 aromatic carbocycles. The molecule has 2 aromatic rings. The summed E-state index contributed by atoms with van der Waals surface area (Å²) in [5.74, 6) is -0.0332. The van der Waals surface area contributed by atoms with E-state index < -0.39 is 5.54 Å².